The van der Waals surface area contributed by atoms with E-state index in [1.807, 2.05) is 6.92 Å². The molecule has 1 aliphatic rings. The first-order valence-corrected chi connectivity index (χ1v) is 11.3. The van der Waals surface area contributed by atoms with Crippen molar-refractivity contribution < 1.29 is 9.18 Å². The average Bonchev–Trinajstić information content (AvgIpc) is 3.12. The molecule has 1 saturated carbocycles. The summed E-state index contributed by atoms with van der Waals surface area (Å²) < 4.78 is 14.5. The van der Waals surface area contributed by atoms with Gasteiger partial charge in [-0.3, -0.25) is 4.79 Å². The molecule has 0 aliphatic heterocycles. The Balaban J connectivity index is 1.55. The Morgan fingerprint density at radius 1 is 1.42 bits per heavy atom. The molecule has 0 aromatic carbocycles. The topological polar surface area (TPSA) is 95.6 Å². The highest BCUT2D eigenvalue weighted by Crippen LogP contribution is 2.40. The van der Waals surface area contributed by atoms with Crippen LogP contribution in [0.15, 0.2) is 24.7 Å². The summed E-state index contributed by atoms with van der Waals surface area (Å²) in [6.07, 6.45) is 8.42. The molecule has 10 heteroatoms. The monoisotopic (exact) mass is 462 g/mol. The summed E-state index contributed by atoms with van der Waals surface area (Å²) in [6.45, 7) is 2.52. The van der Waals surface area contributed by atoms with Crippen LogP contribution in [0.3, 0.4) is 0 Å². The summed E-state index contributed by atoms with van der Waals surface area (Å²) in [5, 5.41) is 7.18. The van der Waals surface area contributed by atoms with Crippen molar-refractivity contribution in [3.63, 3.8) is 0 Å². The number of hydrogen-bond donors (Lipinski definition) is 3. The summed E-state index contributed by atoms with van der Waals surface area (Å²) in [6, 6.07) is 1.79. The number of nitrogens with zero attached hydrogens (tertiary/aromatic N) is 3. The number of halogens is 2. The molecule has 4 rings (SSSR count). The second-order valence-corrected chi connectivity index (χ2v) is 9.73. The number of rotatable bonds is 6. The van der Waals surface area contributed by atoms with Crippen molar-refractivity contribution in [2.75, 3.05) is 11.9 Å². The van der Waals surface area contributed by atoms with Crippen LogP contribution in [0.1, 0.15) is 39.0 Å². The van der Waals surface area contributed by atoms with Gasteiger partial charge in [-0.05, 0) is 37.4 Å². The van der Waals surface area contributed by atoms with Crippen molar-refractivity contribution in [1.82, 2.24) is 25.3 Å². The van der Waals surface area contributed by atoms with Gasteiger partial charge in [0.25, 0.3) is 0 Å². The van der Waals surface area contributed by atoms with Gasteiger partial charge in [0.1, 0.15) is 5.65 Å². The van der Waals surface area contributed by atoms with Gasteiger partial charge < -0.3 is 15.6 Å². The third-order valence-electron chi connectivity index (χ3n) is 5.59. The van der Waals surface area contributed by atoms with Gasteiger partial charge in [-0.2, -0.15) is 0 Å². The van der Waals surface area contributed by atoms with Gasteiger partial charge >= 0.3 is 0 Å². The largest absolute Gasteiger partial charge is 0.365 e. The van der Waals surface area contributed by atoms with Gasteiger partial charge in [-0.15, -0.1) is 9.24 Å². The van der Waals surface area contributed by atoms with Crippen molar-refractivity contribution in [1.29, 1.82) is 0 Å². The Morgan fingerprint density at radius 2 is 2.26 bits per heavy atom. The Kier molecular flexibility index (Phi) is 6.39. The maximum atomic E-state index is 14.5. The van der Waals surface area contributed by atoms with Gasteiger partial charge in [0.05, 0.1) is 11.2 Å². The lowest BCUT2D eigenvalue weighted by Crippen LogP contribution is -2.40. The fourth-order valence-electron chi connectivity index (χ4n) is 4.21. The Hall–Kier alpha value is -2.31. The molecule has 0 bridgehead atoms. The first-order valence-electron chi connectivity index (χ1n) is 10.3. The molecule has 31 heavy (non-hydrogen) atoms. The molecule has 3 aromatic heterocycles. The van der Waals surface area contributed by atoms with Gasteiger partial charge in [-0.1, -0.05) is 18.0 Å². The van der Waals surface area contributed by atoms with Gasteiger partial charge in [0.15, 0.2) is 17.5 Å². The Labute approximate surface area is 187 Å². The molecular weight excluding hydrogens is 438 g/mol. The number of pyridine rings is 1. The fraction of sp³-hybridized carbons (Fsp3) is 0.429. The van der Waals surface area contributed by atoms with E-state index in [2.05, 4.69) is 39.8 Å². The van der Waals surface area contributed by atoms with E-state index in [1.54, 1.807) is 18.5 Å². The Morgan fingerprint density at radius 3 is 3.06 bits per heavy atom. The molecule has 1 fully saturated rings. The molecule has 0 radical (unpaired) electrons. The fourth-order valence-corrected chi connectivity index (χ4v) is 5.04. The summed E-state index contributed by atoms with van der Waals surface area (Å²) in [5.74, 6) is 0.0738. The van der Waals surface area contributed by atoms with Crippen LogP contribution in [0.25, 0.3) is 22.4 Å². The lowest BCUT2D eigenvalue weighted by Gasteiger charge is -2.38. The second kappa shape index (κ2) is 9.05. The summed E-state index contributed by atoms with van der Waals surface area (Å²) in [7, 11) is 2.86. The van der Waals surface area contributed by atoms with E-state index in [4.69, 9.17) is 11.6 Å². The number of aromatic amines is 1. The molecule has 3 atom stereocenters. The van der Waals surface area contributed by atoms with E-state index < -0.39 is 5.82 Å². The summed E-state index contributed by atoms with van der Waals surface area (Å²) in [5.41, 5.74) is 1.36. The molecular formula is C21H25ClFN6OP. The van der Waals surface area contributed by atoms with E-state index in [1.165, 1.54) is 6.20 Å². The zero-order chi connectivity index (χ0) is 22.0. The van der Waals surface area contributed by atoms with Crippen LogP contribution in [-0.4, -0.2) is 43.6 Å². The maximum Gasteiger partial charge on any atom is 0.220 e. The van der Waals surface area contributed by atoms with Crippen molar-refractivity contribution >= 4 is 43.6 Å². The summed E-state index contributed by atoms with van der Waals surface area (Å²) >= 11 is 6.08. The second-order valence-electron chi connectivity index (χ2n) is 8.07. The van der Waals surface area contributed by atoms with Crippen molar-refractivity contribution in [2.24, 2.45) is 0 Å². The number of hydrogen-bond acceptors (Lipinski definition) is 5. The molecule has 164 valence electrons. The van der Waals surface area contributed by atoms with Crippen LogP contribution in [0.4, 0.5) is 10.2 Å². The third kappa shape index (κ3) is 4.96. The average molecular weight is 463 g/mol. The minimum absolute atomic E-state index is 0.0111. The first kappa shape index (κ1) is 21.9. The molecule has 1 amide bonds. The first-order chi connectivity index (χ1) is 14.9. The molecule has 1 unspecified atom stereocenters. The smallest absolute Gasteiger partial charge is 0.220 e. The molecule has 7 nitrogen and oxygen atoms in total. The van der Waals surface area contributed by atoms with Crippen LogP contribution in [0.5, 0.6) is 0 Å². The lowest BCUT2D eigenvalue weighted by atomic mass is 9.82. The number of amides is 1. The molecule has 0 saturated heterocycles. The number of carbonyl (C=O) groups is 1. The highest BCUT2D eigenvalue weighted by atomic mass is 35.5. The van der Waals surface area contributed by atoms with E-state index >= 15 is 0 Å². The minimum atomic E-state index is -0.511. The van der Waals surface area contributed by atoms with E-state index in [0.29, 0.717) is 35.0 Å². The number of nitrogens with one attached hydrogen (secondary N) is 3. The number of anilines is 1. The molecule has 3 heterocycles. The standard InChI is InChI=1S/C21H25ClFN6OP/c1-2-24-17(30)8-21(31)5-3-4-13(7-21)28-20-16(23)11-27-19(29-20)15-10-26-18-14(15)6-12(22)9-25-18/h6,9-11,13H,2-5,7-8,31H2,1H3,(H,24,30)(H,25,26)(H,27,28,29)/t13-,21+/m1/s1. The van der Waals surface area contributed by atoms with E-state index in [-0.39, 0.29) is 22.9 Å². The maximum absolute atomic E-state index is 14.5. The van der Waals surface area contributed by atoms with E-state index in [0.717, 1.165) is 31.1 Å². The van der Waals surface area contributed by atoms with Gasteiger partial charge in [0, 0.05) is 42.4 Å². The van der Waals surface area contributed by atoms with Crippen molar-refractivity contribution in [3.8, 4) is 11.4 Å². The lowest BCUT2D eigenvalue weighted by molar-refractivity contribution is -0.121. The quantitative estimate of drug-likeness (QED) is 0.474. The van der Waals surface area contributed by atoms with Crippen LogP contribution in [-0.2, 0) is 4.79 Å². The number of carbonyl (C=O) groups excluding carboxylic acids is 1. The molecule has 3 aromatic rings. The molecule has 0 spiro atoms. The predicted octanol–water partition coefficient (Wildman–Crippen LogP) is 4.31. The summed E-state index contributed by atoms with van der Waals surface area (Å²) in [4.78, 5) is 28.0. The number of aromatic nitrogens is 4. The van der Waals surface area contributed by atoms with Crippen LogP contribution in [0.2, 0.25) is 5.02 Å². The number of H-pyrrole nitrogens is 1. The van der Waals surface area contributed by atoms with Crippen molar-refractivity contribution in [3.05, 3.63) is 35.5 Å². The van der Waals surface area contributed by atoms with Crippen molar-refractivity contribution in [2.45, 2.75) is 50.2 Å². The predicted molar refractivity (Wildman–Crippen MR) is 124 cm³/mol. The highest BCUT2D eigenvalue weighted by molar-refractivity contribution is 7.19. The van der Waals surface area contributed by atoms with E-state index in [9.17, 15) is 9.18 Å². The molecule has 1 aliphatic carbocycles. The Bertz CT molecular complexity index is 1110. The minimum Gasteiger partial charge on any atom is -0.365 e. The SMILES string of the molecule is CCNC(=O)C[C@]1(P)CCC[C@@H](Nc2nc(-c3c[nH]c4ncc(Cl)cc34)ncc2F)C1. The van der Waals surface area contributed by atoms with Crippen LogP contribution in [0, 0.1) is 5.82 Å². The normalized spacial score (nSPS) is 21.2. The zero-order valence-corrected chi connectivity index (χ0v) is 19.1. The van der Waals surface area contributed by atoms with Gasteiger partial charge in [0.2, 0.25) is 5.91 Å². The molecule has 3 N–H and O–H groups in total. The van der Waals surface area contributed by atoms with Gasteiger partial charge in [-0.25, -0.2) is 19.3 Å². The zero-order valence-electron chi connectivity index (χ0n) is 17.2. The van der Waals surface area contributed by atoms with Crippen LogP contribution >= 0.6 is 20.8 Å². The number of fused-ring (bicyclic) bond motifs is 1. The third-order valence-corrected chi connectivity index (χ3v) is 6.53. The highest BCUT2D eigenvalue weighted by Gasteiger charge is 2.34. The van der Waals surface area contributed by atoms with Crippen LogP contribution < -0.4 is 10.6 Å².